The number of aromatic amines is 1. The maximum atomic E-state index is 13.1. The summed E-state index contributed by atoms with van der Waals surface area (Å²) in [6.45, 7) is 12.2. The van der Waals surface area contributed by atoms with Crippen LogP contribution in [0.4, 0.5) is 5.82 Å². The van der Waals surface area contributed by atoms with Crippen LogP contribution in [0.5, 0.6) is 0 Å². The van der Waals surface area contributed by atoms with Crippen LogP contribution >= 0.6 is 0 Å². The number of aromatic nitrogens is 2. The third-order valence-corrected chi connectivity index (χ3v) is 5.55. The summed E-state index contributed by atoms with van der Waals surface area (Å²) in [5.74, 6) is -1.82. The van der Waals surface area contributed by atoms with Gasteiger partial charge in [-0.25, -0.2) is 10.0 Å². The number of benzene rings is 1. The first-order valence-electron chi connectivity index (χ1n) is 12.7. The molecule has 38 heavy (non-hydrogen) atoms. The molecular formula is C27H39N5O6. The van der Waals surface area contributed by atoms with Crippen LogP contribution in [0.2, 0.25) is 0 Å². The predicted molar refractivity (Wildman–Crippen MR) is 142 cm³/mol. The fraction of sp³-hybridized carbons (Fsp3) is 0.519. The molecule has 0 aliphatic carbocycles. The third-order valence-electron chi connectivity index (χ3n) is 5.55. The van der Waals surface area contributed by atoms with Crippen LogP contribution in [0, 0.1) is 0 Å². The maximum Gasteiger partial charge on any atom is 0.321 e. The molecule has 208 valence electrons. The minimum atomic E-state index is -1.39. The second-order valence-corrected chi connectivity index (χ2v) is 10.3. The largest absolute Gasteiger partial charge is 0.465 e. The Hall–Kier alpha value is -3.73. The van der Waals surface area contributed by atoms with Crippen LogP contribution in [0.3, 0.4) is 0 Å². The molecule has 2 rings (SSSR count). The van der Waals surface area contributed by atoms with E-state index in [0.29, 0.717) is 30.6 Å². The van der Waals surface area contributed by atoms with Crippen LogP contribution in [-0.4, -0.2) is 63.0 Å². The first-order chi connectivity index (χ1) is 17.8. The summed E-state index contributed by atoms with van der Waals surface area (Å²) in [4.78, 5) is 63.6. The van der Waals surface area contributed by atoms with Crippen molar-refractivity contribution in [2.24, 2.45) is 0 Å². The minimum absolute atomic E-state index is 0.190. The minimum Gasteiger partial charge on any atom is -0.465 e. The highest BCUT2D eigenvalue weighted by molar-refractivity contribution is 5.98. The lowest BCUT2D eigenvalue weighted by molar-refractivity contribution is -0.247. The van der Waals surface area contributed by atoms with Gasteiger partial charge in [-0.1, -0.05) is 43.7 Å². The molecular weight excluding hydrogens is 490 g/mol. The predicted octanol–water partition coefficient (Wildman–Crippen LogP) is 3.30. The van der Waals surface area contributed by atoms with E-state index in [1.165, 1.54) is 20.0 Å². The summed E-state index contributed by atoms with van der Waals surface area (Å²) in [6, 6.07) is 8.15. The fourth-order valence-electron chi connectivity index (χ4n) is 3.59. The van der Waals surface area contributed by atoms with Crippen LogP contribution in [0.1, 0.15) is 78.6 Å². The summed E-state index contributed by atoms with van der Waals surface area (Å²) in [5, 5.41) is 6.37. The molecule has 0 aliphatic heterocycles. The van der Waals surface area contributed by atoms with Crippen LogP contribution in [0.25, 0.3) is 0 Å². The summed E-state index contributed by atoms with van der Waals surface area (Å²) in [7, 11) is 0. The molecule has 1 heterocycles. The van der Waals surface area contributed by atoms with Gasteiger partial charge in [0, 0.05) is 6.20 Å². The van der Waals surface area contributed by atoms with E-state index >= 15 is 0 Å². The van der Waals surface area contributed by atoms with Gasteiger partial charge in [0.25, 0.3) is 0 Å². The molecule has 0 saturated carbocycles. The number of esters is 1. The zero-order valence-electron chi connectivity index (χ0n) is 23.2. The molecule has 0 spiro atoms. The first-order valence-corrected chi connectivity index (χ1v) is 12.7. The monoisotopic (exact) mass is 529 g/mol. The number of hydroxylamine groups is 2. The van der Waals surface area contributed by atoms with Gasteiger partial charge in [0.05, 0.1) is 12.2 Å². The molecule has 11 nitrogen and oxygen atoms in total. The van der Waals surface area contributed by atoms with E-state index in [1.807, 2.05) is 25.1 Å². The Morgan fingerprint density at radius 2 is 1.76 bits per heavy atom. The Morgan fingerprint density at radius 1 is 1.11 bits per heavy atom. The standard InChI is InChI=1S/C27H39N5O6/c1-8-13-19(29-25(36)27(6,7)32(17-33)38-26(3,4)5)23(34)31-20-16-28-22(30-20)21(24(35)37-9-2)18-14-11-10-12-15-18/h10-12,14-17,19,21H,8-9,13H2,1-7H3,(H,28,30)(H,29,36)(H,31,34)/t19-,21?/m1/s1. The van der Waals surface area contributed by atoms with E-state index in [2.05, 4.69) is 20.6 Å². The third kappa shape index (κ3) is 8.14. The van der Waals surface area contributed by atoms with Gasteiger partial charge in [0.15, 0.2) is 5.82 Å². The number of nitrogens with zero attached hydrogens (tertiary/aromatic N) is 2. The van der Waals surface area contributed by atoms with Gasteiger partial charge in [0.2, 0.25) is 18.2 Å². The molecule has 0 radical (unpaired) electrons. The van der Waals surface area contributed by atoms with E-state index in [9.17, 15) is 19.2 Å². The highest BCUT2D eigenvalue weighted by Crippen LogP contribution is 2.25. The number of ether oxygens (including phenoxy) is 1. The van der Waals surface area contributed by atoms with E-state index in [0.717, 1.165) is 5.06 Å². The number of amides is 3. The van der Waals surface area contributed by atoms with Crippen molar-refractivity contribution in [1.29, 1.82) is 0 Å². The van der Waals surface area contributed by atoms with Crippen molar-refractivity contribution < 1.29 is 28.8 Å². The van der Waals surface area contributed by atoms with Gasteiger partial charge in [-0.3, -0.25) is 24.0 Å². The number of anilines is 1. The Balaban J connectivity index is 2.20. The number of rotatable bonds is 13. The Bertz CT molecular complexity index is 1090. The number of carbonyl (C=O) groups excluding carboxylic acids is 4. The number of H-pyrrole nitrogens is 1. The molecule has 0 aliphatic rings. The second kappa shape index (κ2) is 13.2. The van der Waals surface area contributed by atoms with Gasteiger partial charge >= 0.3 is 5.97 Å². The van der Waals surface area contributed by atoms with Gasteiger partial charge in [0.1, 0.15) is 23.3 Å². The summed E-state index contributed by atoms with van der Waals surface area (Å²) in [6.07, 6.45) is 2.88. The molecule has 1 aromatic carbocycles. The van der Waals surface area contributed by atoms with Crippen molar-refractivity contribution in [3.63, 3.8) is 0 Å². The quantitative estimate of drug-likeness (QED) is 0.205. The Morgan fingerprint density at radius 3 is 2.32 bits per heavy atom. The molecule has 1 unspecified atom stereocenters. The highest BCUT2D eigenvalue weighted by atomic mass is 16.7. The summed E-state index contributed by atoms with van der Waals surface area (Å²) < 4.78 is 5.23. The topological polar surface area (TPSA) is 143 Å². The zero-order chi connectivity index (χ0) is 28.5. The van der Waals surface area contributed by atoms with Crippen molar-refractivity contribution in [3.05, 3.63) is 47.9 Å². The number of hydrogen-bond donors (Lipinski definition) is 3. The number of carbonyl (C=O) groups is 4. The summed E-state index contributed by atoms with van der Waals surface area (Å²) >= 11 is 0. The van der Waals surface area contributed by atoms with Crippen molar-refractivity contribution in [2.75, 3.05) is 11.9 Å². The second-order valence-electron chi connectivity index (χ2n) is 10.3. The lowest BCUT2D eigenvalue weighted by atomic mass is 9.98. The first kappa shape index (κ1) is 30.5. The van der Waals surface area contributed by atoms with E-state index in [1.54, 1.807) is 39.8 Å². The molecule has 3 amide bonds. The number of nitrogens with one attached hydrogen (secondary N) is 3. The van der Waals surface area contributed by atoms with Gasteiger partial charge in [-0.05, 0) is 53.5 Å². The smallest absolute Gasteiger partial charge is 0.321 e. The molecule has 11 heteroatoms. The molecule has 2 aromatic rings. The number of hydrogen-bond acceptors (Lipinski definition) is 7. The van der Waals surface area contributed by atoms with Crippen LogP contribution in [0.15, 0.2) is 36.5 Å². The van der Waals surface area contributed by atoms with Gasteiger partial charge in [-0.2, -0.15) is 0 Å². The highest BCUT2D eigenvalue weighted by Gasteiger charge is 2.39. The van der Waals surface area contributed by atoms with Crippen LogP contribution < -0.4 is 10.6 Å². The normalized spacial score (nSPS) is 13.2. The van der Waals surface area contributed by atoms with Crippen molar-refractivity contribution in [2.45, 2.75) is 84.4 Å². The van der Waals surface area contributed by atoms with Gasteiger partial charge in [-0.15, -0.1) is 0 Å². The van der Waals surface area contributed by atoms with Crippen molar-refractivity contribution in [1.82, 2.24) is 20.3 Å². The maximum absolute atomic E-state index is 13.1. The zero-order valence-corrected chi connectivity index (χ0v) is 23.2. The van der Waals surface area contributed by atoms with Gasteiger partial charge < -0.3 is 20.4 Å². The van der Waals surface area contributed by atoms with E-state index < -0.39 is 40.9 Å². The van der Waals surface area contributed by atoms with E-state index in [4.69, 9.17) is 9.57 Å². The Labute approximate surface area is 223 Å². The van der Waals surface area contributed by atoms with Crippen LogP contribution in [-0.2, 0) is 28.8 Å². The van der Waals surface area contributed by atoms with Crippen molar-refractivity contribution in [3.8, 4) is 0 Å². The molecule has 0 fully saturated rings. The molecule has 2 atom stereocenters. The van der Waals surface area contributed by atoms with E-state index in [-0.39, 0.29) is 12.4 Å². The lowest BCUT2D eigenvalue weighted by Crippen LogP contribution is -2.59. The molecule has 3 N–H and O–H groups in total. The average molecular weight is 530 g/mol. The SMILES string of the molecule is CCC[C@@H](NC(=O)C(C)(C)N(C=O)OC(C)(C)C)C(=O)Nc1c[nH]c(C(C(=O)OCC)c2ccccc2)n1. The Kier molecular flexibility index (Phi) is 10.6. The fourth-order valence-corrected chi connectivity index (χ4v) is 3.59. The lowest BCUT2D eigenvalue weighted by Gasteiger charge is -2.37. The van der Waals surface area contributed by atoms with Crippen molar-refractivity contribution >= 4 is 30.0 Å². The number of imidazole rings is 1. The average Bonchev–Trinajstić information content (AvgIpc) is 3.30. The molecule has 0 saturated heterocycles. The molecule has 1 aromatic heterocycles. The summed E-state index contributed by atoms with van der Waals surface area (Å²) in [5.41, 5.74) is -1.41. The molecule has 0 bridgehead atoms.